The van der Waals surface area contributed by atoms with Crippen molar-refractivity contribution in [1.82, 2.24) is 0 Å². The van der Waals surface area contributed by atoms with Gasteiger partial charge in [0.25, 0.3) is 0 Å². The van der Waals surface area contributed by atoms with Crippen LogP contribution in [0.1, 0.15) is 18.9 Å². The normalized spacial score (nSPS) is 20.1. The Morgan fingerprint density at radius 3 is 3.07 bits per heavy atom. The summed E-state index contributed by atoms with van der Waals surface area (Å²) in [5.41, 5.74) is 1.68. The lowest BCUT2D eigenvalue weighted by Gasteiger charge is -2.25. The molecule has 0 amide bonds. The molecule has 3 heteroatoms. The van der Waals surface area contributed by atoms with E-state index in [0.29, 0.717) is 5.25 Å². The van der Waals surface area contributed by atoms with E-state index in [1.807, 2.05) is 24.8 Å². The van der Waals surface area contributed by atoms with E-state index in [1.165, 1.54) is 4.90 Å². The highest BCUT2D eigenvalue weighted by molar-refractivity contribution is 8.00. The smallest absolute Gasteiger partial charge is 0.128 e. The van der Waals surface area contributed by atoms with E-state index in [0.717, 1.165) is 24.2 Å². The van der Waals surface area contributed by atoms with Crippen molar-refractivity contribution < 1.29 is 4.39 Å². The van der Waals surface area contributed by atoms with Gasteiger partial charge in [0.1, 0.15) is 5.82 Å². The number of nitrogens with one attached hydrogen (secondary N) is 1. The summed E-state index contributed by atoms with van der Waals surface area (Å²) in [4.78, 5) is 1.18. The second-order valence-electron chi connectivity index (χ2n) is 3.63. The molecule has 1 aromatic carbocycles. The highest BCUT2D eigenvalue weighted by atomic mass is 32.2. The zero-order valence-corrected chi connectivity index (χ0v) is 9.25. The molecule has 1 N–H and O–H groups in total. The lowest BCUT2D eigenvalue weighted by molar-refractivity contribution is 0.617. The van der Waals surface area contributed by atoms with Crippen LogP contribution in [-0.2, 0) is 0 Å². The van der Waals surface area contributed by atoms with E-state index in [2.05, 4.69) is 12.2 Å². The van der Waals surface area contributed by atoms with Crippen molar-refractivity contribution in [3.8, 4) is 0 Å². The number of fused-ring (bicyclic) bond motifs is 1. The zero-order valence-electron chi connectivity index (χ0n) is 8.43. The first kappa shape index (κ1) is 9.84. The molecular formula is C11H14FNS. The summed E-state index contributed by atoms with van der Waals surface area (Å²) < 4.78 is 13.2. The monoisotopic (exact) mass is 211 g/mol. The second-order valence-corrected chi connectivity index (χ2v) is 4.97. The van der Waals surface area contributed by atoms with Crippen molar-refractivity contribution in [3.63, 3.8) is 0 Å². The van der Waals surface area contributed by atoms with Gasteiger partial charge in [-0.25, -0.2) is 4.39 Å². The number of benzene rings is 1. The molecule has 14 heavy (non-hydrogen) atoms. The van der Waals surface area contributed by atoms with Gasteiger partial charge in [-0.05, 0) is 31.0 Å². The molecule has 1 aliphatic rings. The maximum atomic E-state index is 13.2. The van der Waals surface area contributed by atoms with Crippen molar-refractivity contribution >= 4 is 17.4 Å². The van der Waals surface area contributed by atoms with Crippen LogP contribution in [0, 0.1) is 12.7 Å². The maximum Gasteiger partial charge on any atom is 0.128 e. The average Bonchev–Trinajstić information content (AvgIpc) is 2.19. The van der Waals surface area contributed by atoms with E-state index in [1.54, 1.807) is 6.07 Å². The predicted octanol–water partition coefficient (Wildman–Crippen LogP) is 3.43. The van der Waals surface area contributed by atoms with Crippen molar-refractivity contribution in [2.75, 3.05) is 11.9 Å². The summed E-state index contributed by atoms with van der Waals surface area (Å²) in [5.74, 6) is -0.119. The van der Waals surface area contributed by atoms with Crippen LogP contribution in [0.3, 0.4) is 0 Å². The molecule has 1 aliphatic heterocycles. The molecule has 0 bridgehead atoms. The molecular weight excluding hydrogens is 197 g/mol. The summed E-state index contributed by atoms with van der Waals surface area (Å²) in [7, 11) is 0. The van der Waals surface area contributed by atoms with Crippen LogP contribution in [-0.4, -0.2) is 11.8 Å². The fraction of sp³-hybridized carbons (Fsp3) is 0.455. The van der Waals surface area contributed by atoms with Crippen LogP contribution in [0.2, 0.25) is 0 Å². The summed E-state index contributed by atoms with van der Waals surface area (Å²) in [6.07, 6.45) is 1.15. The minimum atomic E-state index is -0.119. The summed E-state index contributed by atoms with van der Waals surface area (Å²) in [6, 6.07) is 3.54. The number of hydrogen-bond acceptors (Lipinski definition) is 2. The van der Waals surface area contributed by atoms with Gasteiger partial charge in [-0.3, -0.25) is 0 Å². The fourth-order valence-electron chi connectivity index (χ4n) is 1.56. The lowest BCUT2D eigenvalue weighted by Crippen LogP contribution is -2.20. The van der Waals surface area contributed by atoms with Gasteiger partial charge in [0, 0.05) is 16.7 Å². The van der Waals surface area contributed by atoms with Gasteiger partial charge in [0.2, 0.25) is 0 Å². The SMILES string of the molecule is CCC1CNc2cc(F)c(C)cc2S1. The van der Waals surface area contributed by atoms with E-state index in [9.17, 15) is 4.39 Å². The Labute approximate surface area is 88.1 Å². The second kappa shape index (κ2) is 3.81. The van der Waals surface area contributed by atoms with E-state index in [-0.39, 0.29) is 5.82 Å². The maximum absolute atomic E-state index is 13.2. The minimum Gasteiger partial charge on any atom is -0.383 e. The quantitative estimate of drug-likeness (QED) is 0.763. The fourth-order valence-corrected chi connectivity index (χ4v) is 2.76. The highest BCUT2D eigenvalue weighted by Crippen LogP contribution is 2.37. The Balaban J connectivity index is 2.33. The largest absolute Gasteiger partial charge is 0.383 e. The molecule has 2 rings (SSSR count). The Hall–Kier alpha value is -0.700. The molecule has 0 aromatic heterocycles. The molecule has 0 radical (unpaired) electrons. The van der Waals surface area contributed by atoms with Gasteiger partial charge in [-0.15, -0.1) is 11.8 Å². The van der Waals surface area contributed by atoms with Gasteiger partial charge in [-0.1, -0.05) is 6.92 Å². The van der Waals surface area contributed by atoms with Gasteiger partial charge in [0.05, 0.1) is 5.69 Å². The van der Waals surface area contributed by atoms with Crippen molar-refractivity contribution in [2.45, 2.75) is 30.4 Å². The molecule has 1 aromatic rings. The Morgan fingerprint density at radius 1 is 1.57 bits per heavy atom. The topological polar surface area (TPSA) is 12.0 Å². The summed E-state index contributed by atoms with van der Waals surface area (Å²) in [5, 5.41) is 3.89. The lowest BCUT2D eigenvalue weighted by atomic mass is 10.2. The molecule has 0 spiro atoms. The number of aryl methyl sites for hydroxylation is 1. The van der Waals surface area contributed by atoms with Crippen molar-refractivity contribution in [1.29, 1.82) is 0 Å². The van der Waals surface area contributed by atoms with Gasteiger partial charge >= 0.3 is 0 Å². The van der Waals surface area contributed by atoms with E-state index < -0.39 is 0 Å². The van der Waals surface area contributed by atoms with Gasteiger partial charge in [0.15, 0.2) is 0 Å². The highest BCUT2D eigenvalue weighted by Gasteiger charge is 2.18. The molecule has 0 saturated heterocycles. The molecule has 0 saturated carbocycles. The summed E-state index contributed by atoms with van der Waals surface area (Å²) >= 11 is 1.85. The average molecular weight is 211 g/mol. The van der Waals surface area contributed by atoms with E-state index >= 15 is 0 Å². The third-order valence-electron chi connectivity index (χ3n) is 2.53. The zero-order chi connectivity index (χ0) is 10.1. The molecule has 1 nitrogen and oxygen atoms in total. The summed E-state index contributed by atoms with van der Waals surface area (Å²) in [6.45, 7) is 4.93. The van der Waals surface area contributed by atoms with Crippen LogP contribution in [0.25, 0.3) is 0 Å². The molecule has 76 valence electrons. The molecule has 0 fully saturated rings. The molecule has 1 heterocycles. The van der Waals surface area contributed by atoms with Crippen molar-refractivity contribution in [2.24, 2.45) is 0 Å². The first-order valence-electron chi connectivity index (χ1n) is 4.91. The Bertz CT molecular complexity index is 351. The van der Waals surface area contributed by atoms with Crippen LogP contribution < -0.4 is 5.32 Å². The van der Waals surface area contributed by atoms with E-state index in [4.69, 9.17) is 0 Å². The first-order valence-corrected chi connectivity index (χ1v) is 5.79. The van der Waals surface area contributed by atoms with Gasteiger partial charge in [-0.2, -0.15) is 0 Å². The minimum absolute atomic E-state index is 0.119. The number of halogens is 1. The number of anilines is 1. The molecule has 1 atom stereocenters. The Morgan fingerprint density at radius 2 is 2.36 bits per heavy atom. The third kappa shape index (κ3) is 1.73. The van der Waals surface area contributed by atoms with Crippen molar-refractivity contribution in [3.05, 3.63) is 23.5 Å². The predicted molar refractivity (Wildman–Crippen MR) is 59.6 cm³/mol. The number of hydrogen-bond donors (Lipinski definition) is 1. The first-order chi connectivity index (χ1) is 6.70. The number of thioether (sulfide) groups is 1. The number of rotatable bonds is 1. The van der Waals surface area contributed by atoms with Crippen LogP contribution in [0.15, 0.2) is 17.0 Å². The van der Waals surface area contributed by atoms with Crippen LogP contribution in [0.5, 0.6) is 0 Å². The standard InChI is InChI=1S/C11H14FNS/c1-3-8-6-13-10-5-9(12)7(2)4-11(10)14-8/h4-5,8,13H,3,6H2,1-2H3. The van der Waals surface area contributed by atoms with Gasteiger partial charge < -0.3 is 5.32 Å². The molecule has 0 aliphatic carbocycles. The third-order valence-corrected chi connectivity index (χ3v) is 3.96. The molecule has 1 unspecified atom stereocenters. The van der Waals surface area contributed by atoms with Crippen LogP contribution in [0.4, 0.5) is 10.1 Å². The Kier molecular flexibility index (Phi) is 2.68. The van der Waals surface area contributed by atoms with Crippen LogP contribution >= 0.6 is 11.8 Å².